The number of carbonyl (C=O) groups is 1. The highest BCUT2D eigenvalue weighted by Gasteiger charge is 2.12. The smallest absolute Gasteiger partial charge is 0.218 e. The van der Waals surface area contributed by atoms with Gasteiger partial charge in [-0.15, -0.1) is 0 Å². The number of aromatic nitrogens is 4. The van der Waals surface area contributed by atoms with Gasteiger partial charge in [-0.05, 0) is 12.1 Å². The lowest BCUT2D eigenvalue weighted by molar-refractivity contribution is 0.111. The summed E-state index contributed by atoms with van der Waals surface area (Å²) in [5.41, 5.74) is 2.22. The largest absolute Gasteiger partial charge is 0.364 e. The van der Waals surface area contributed by atoms with Crippen molar-refractivity contribution in [2.45, 2.75) is 6.73 Å². The van der Waals surface area contributed by atoms with Crippen LogP contribution in [0.2, 0.25) is 0 Å². The van der Waals surface area contributed by atoms with Gasteiger partial charge in [-0.2, -0.15) is 0 Å². The third kappa shape index (κ3) is 1.92. The van der Waals surface area contributed by atoms with Crippen LogP contribution in [0.5, 0.6) is 0 Å². The minimum absolute atomic E-state index is 0.371. The minimum atomic E-state index is 0.371. The van der Waals surface area contributed by atoms with E-state index >= 15 is 0 Å². The Kier molecular flexibility index (Phi) is 2.85. The topological polar surface area (TPSA) is 61.9 Å². The molecule has 0 N–H and O–H groups in total. The van der Waals surface area contributed by atoms with Crippen LogP contribution in [0.4, 0.5) is 0 Å². The Labute approximate surface area is 109 Å². The molecule has 3 aromatic rings. The minimum Gasteiger partial charge on any atom is -0.364 e. The van der Waals surface area contributed by atoms with Crippen LogP contribution in [0.3, 0.4) is 0 Å². The molecule has 0 fully saturated rings. The lowest BCUT2D eigenvalue weighted by Crippen LogP contribution is -2.07. The van der Waals surface area contributed by atoms with Crippen molar-refractivity contribution in [3.05, 3.63) is 42.5 Å². The number of methoxy groups -OCH3 is 1. The van der Waals surface area contributed by atoms with Gasteiger partial charge in [-0.25, -0.2) is 9.97 Å². The Bertz CT molecular complexity index is 729. The lowest BCUT2D eigenvalue weighted by Gasteiger charge is -2.07. The molecule has 0 aliphatic carbocycles. The number of ether oxygens (including phenoxy) is 1. The molecule has 0 atom stereocenters. The number of para-hydroxylation sites is 2. The molecule has 0 aliphatic rings. The molecule has 2 aromatic heterocycles. The van der Waals surface area contributed by atoms with Crippen molar-refractivity contribution in [2.75, 3.05) is 7.11 Å². The van der Waals surface area contributed by atoms with Crippen molar-refractivity contribution < 1.29 is 9.53 Å². The molecular weight excluding hydrogens is 244 g/mol. The zero-order valence-corrected chi connectivity index (χ0v) is 10.4. The van der Waals surface area contributed by atoms with E-state index in [0.717, 1.165) is 11.0 Å². The van der Waals surface area contributed by atoms with E-state index in [-0.39, 0.29) is 0 Å². The first-order chi connectivity index (χ1) is 9.33. The highest BCUT2D eigenvalue weighted by atomic mass is 16.5. The van der Waals surface area contributed by atoms with E-state index in [1.165, 1.54) is 0 Å². The summed E-state index contributed by atoms with van der Waals surface area (Å²) < 4.78 is 8.84. The van der Waals surface area contributed by atoms with Crippen molar-refractivity contribution in [2.24, 2.45) is 0 Å². The van der Waals surface area contributed by atoms with Gasteiger partial charge in [-0.1, -0.05) is 12.1 Å². The van der Waals surface area contributed by atoms with Gasteiger partial charge < -0.3 is 4.74 Å². The van der Waals surface area contributed by atoms with Gasteiger partial charge in [0.2, 0.25) is 5.95 Å². The Hall–Kier alpha value is -2.47. The Morgan fingerprint density at radius 2 is 2.21 bits per heavy atom. The van der Waals surface area contributed by atoms with Gasteiger partial charge in [0.05, 0.1) is 11.0 Å². The number of hydrogen-bond acceptors (Lipinski definition) is 4. The third-order valence-corrected chi connectivity index (χ3v) is 2.85. The molecule has 0 aliphatic heterocycles. The number of aldehydes is 1. The molecule has 96 valence electrons. The van der Waals surface area contributed by atoms with Crippen LogP contribution in [-0.2, 0) is 11.5 Å². The van der Waals surface area contributed by atoms with E-state index in [1.807, 2.05) is 28.8 Å². The van der Waals surface area contributed by atoms with E-state index < -0.39 is 0 Å². The molecule has 0 radical (unpaired) electrons. The second-order valence-electron chi connectivity index (χ2n) is 4.07. The number of benzene rings is 1. The van der Waals surface area contributed by atoms with Gasteiger partial charge in [0, 0.05) is 13.3 Å². The maximum absolute atomic E-state index is 10.7. The van der Waals surface area contributed by atoms with Crippen molar-refractivity contribution >= 4 is 17.3 Å². The molecule has 3 rings (SSSR count). The maximum atomic E-state index is 10.7. The molecule has 6 nitrogen and oxygen atoms in total. The highest BCUT2D eigenvalue weighted by Crippen LogP contribution is 2.19. The Morgan fingerprint density at radius 1 is 1.37 bits per heavy atom. The number of hydrogen-bond donors (Lipinski definition) is 0. The molecule has 0 bridgehead atoms. The average Bonchev–Trinajstić information content (AvgIpc) is 3.04. The summed E-state index contributed by atoms with van der Waals surface area (Å²) in [5, 5.41) is 0. The first kappa shape index (κ1) is 11.6. The van der Waals surface area contributed by atoms with Crippen molar-refractivity contribution in [3.63, 3.8) is 0 Å². The van der Waals surface area contributed by atoms with Gasteiger partial charge in [0.1, 0.15) is 18.8 Å². The fraction of sp³-hybridized carbons (Fsp3) is 0.154. The van der Waals surface area contributed by atoms with Crippen molar-refractivity contribution in [3.8, 4) is 5.95 Å². The molecule has 0 unspecified atom stereocenters. The summed E-state index contributed by atoms with van der Waals surface area (Å²) in [4.78, 5) is 19.2. The average molecular weight is 256 g/mol. The highest BCUT2D eigenvalue weighted by molar-refractivity contribution is 5.77. The third-order valence-electron chi connectivity index (χ3n) is 2.85. The second kappa shape index (κ2) is 4.66. The molecule has 0 spiro atoms. The molecular formula is C13H12N4O2. The fourth-order valence-corrected chi connectivity index (χ4v) is 2.02. The SMILES string of the molecule is COCn1c(-n2cnc(C=O)c2)nc2ccccc21. The van der Waals surface area contributed by atoms with Gasteiger partial charge in [-0.3, -0.25) is 13.9 Å². The van der Waals surface area contributed by atoms with E-state index in [2.05, 4.69) is 9.97 Å². The quantitative estimate of drug-likeness (QED) is 0.666. The van der Waals surface area contributed by atoms with Crippen LogP contribution in [0.1, 0.15) is 10.5 Å². The predicted molar refractivity (Wildman–Crippen MR) is 69.3 cm³/mol. The van der Waals surface area contributed by atoms with Crippen LogP contribution >= 0.6 is 0 Å². The van der Waals surface area contributed by atoms with Crippen molar-refractivity contribution in [1.82, 2.24) is 19.1 Å². The van der Waals surface area contributed by atoms with Crippen LogP contribution in [0.15, 0.2) is 36.8 Å². The molecule has 6 heteroatoms. The molecule has 1 aromatic carbocycles. The Morgan fingerprint density at radius 3 is 2.95 bits per heavy atom. The number of nitrogens with zero attached hydrogens (tertiary/aromatic N) is 4. The van der Waals surface area contributed by atoms with E-state index in [0.29, 0.717) is 24.7 Å². The van der Waals surface area contributed by atoms with Gasteiger partial charge >= 0.3 is 0 Å². The predicted octanol–water partition coefficient (Wildman–Crippen LogP) is 1.64. The molecule has 0 amide bonds. The number of rotatable bonds is 4. The first-order valence-electron chi connectivity index (χ1n) is 5.77. The van der Waals surface area contributed by atoms with Gasteiger partial charge in [0.15, 0.2) is 6.29 Å². The molecule has 19 heavy (non-hydrogen) atoms. The van der Waals surface area contributed by atoms with Crippen LogP contribution < -0.4 is 0 Å². The maximum Gasteiger partial charge on any atom is 0.218 e. The normalized spacial score (nSPS) is 11.0. The monoisotopic (exact) mass is 256 g/mol. The summed E-state index contributed by atoms with van der Waals surface area (Å²) >= 11 is 0. The number of carbonyl (C=O) groups excluding carboxylic acids is 1. The lowest BCUT2D eigenvalue weighted by atomic mass is 10.3. The van der Waals surface area contributed by atoms with Gasteiger partial charge in [0.25, 0.3) is 0 Å². The molecule has 0 saturated heterocycles. The van der Waals surface area contributed by atoms with Crippen LogP contribution in [-0.4, -0.2) is 32.5 Å². The number of fused-ring (bicyclic) bond motifs is 1. The number of imidazole rings is 2. The molecule has 2 heterocycles. The van der Waals surface area contributed by atoms with E-state index in [9.17, 15) is 4.79 Å². The summed E-state index contributed by atoms with van der Waals surface area (Å²) in [7, 11) is 1.63. The molecule has 0 saturated carbocycles. The fourth-order valence-electron chi connectivity index (χ4n) is 2.02. The summed E-state index contributed by atoms with van der Waals surface area (Å²) in [6.07, 6.45) is 3.91. The zero-order chi connectivity index (χ0) is 13.2. The Balaban J connectivity index is 2.21. The second-order valence-corrected chi connectivity index (χ2v) is 4.07. The van der Waals surface area contributed by atoms with Crippen LogP contribution in [0.25, 0.3) is 17.0 Å². The van der Waals surface area contributed by atoms with Crippen molar-refractivity contribution in [1.29, 1.82) is 0 Å². The summed E-state index contributed by atoms with van der Waals surface area (Å²) in [6.45, 7) is 0.379. The van der Waals surface area contributed by atoms with E-state index in [1.54, 1.807) is 24.2 Å². The zero-order valence-electron chi connectivity index (χ0n) is 10.4. The first-order valence-corrected chi connectivity index (χ1v) is 5.77. The van der Waals surface area contributed by atoms with Crippen LogP contribution in [0, 0.1) is 0 Å². The van der Waals surface area contributed by atoms with E-state index in [4.69, 9.17) is 4.74 Å². The standard InChI is InChI=1S/C13H12N4O2/c1-19-9-17-12-5-3-2-4-11(12)15-13(17)16-6-10(7-18)14-8-16/h2-8H,9H2,1H3. The summed E-state index contributed by atoms with van der Waals surface area (Å²) in [6, 6.07) is 7.79. The summed E-state index contributed by atoms with van der Waals surface area (Å²) in [5.74, 6) is 0.670.